The SMILES string of the molecule is CCSc1cccc(F)c1-c1nc(CN)cs1. The van der Waals surface area contributed by atoms with Gasteiger partial charge in [0, 0.05) is 16.8 Å². The lowest BCUT2D eigenvalue weighted by molar-refractivity contribution is 0.628. The highest BCUT2D eigenvalue weighted by atomic mass is 32.2. The van der Waals surface area contributed by atoms with E-state index in [0.717, 1.165) is 16.3 Å². The summed E-state index contributed by atoms with van der Waals surface area (Å²) in [6.45, 7) is 2.44. The van der Waals surface area contributed by atoms with E-state index in [9.17, 15) is 4.39 Å². The Morgan fingerprint density at radius 2 is 2.29 bits per heavy atom. The molecule has 0 aliphatic heterocycles. The van der Waals surface area contributed by atoms with E-state index in [4.69, 9.17) is 5.73 Å². The van der Waals surface area contributed by atoms with Crippen LogP contribution < -0.4 is 5.73 Å². The van der Waals surface area contributed by atoms with Gasteiger partial charge in [-0.15, -0.1) is 23.1 Å². The average Bonchev–Trinajstić information content (AvgIpc) is 2.78. The molecule has 0 spiro atoms. The Morgan fingerprint density at radius 1 is 1.47 bits per heavy atom. The van der Waals surface area contributed by atoms with Crippen LogP contribution in [0.1, 0.15) is 12.6 Å². The molecule has 0 fully saturated rings. The van der Waals surface area contributed by atoms with Gasteiger partial charge in [-0.1, -0.05) is 13.0 Å². The Bertz CT molecular complexity index is 511. The molecule has 90 valence electrons. The predicted molar refractivity (Wildman–Crippen MR) is 71.8 cm³/mol. The minimum Gasteiger partial charge on any atom is -0.325 e. The Kier molecular flexibility index (Phi) is 4.15. The Morgan fingerprint density at radius 3 is 2.94 bits per heavy atom. The summed E-state index contributed by atoms with van der Waals surface area (Å²) in [5, 5.41) is 2.59. The fraction of sp³-hybridized carbons (Fsp3) is 0.250. The van der Waals surface area contributed by atoms with Crippen molar-refractivity contribution >= 4 is 23.1 Å². The summed E-state index contributed by atoms with van der Waals surface area (Å²) < 4.78 is 13.9. The zero-order valence-electron chi connectivity index (χ0n) is 9.44. The number of halogens is 1. The summed E-state index contributed by atoms with van der Waals surface area (Å²) in [6.07, 6.45) is 0. The van der Waals surface area contributed by atoms with Crippen molar-refractivity contribution in [3.8, 4) is 10.6 Å². The van der Waals surface area contributed by atoms with Crippen molar-refractivity contribution in [3.05, 3.63) is 35.1 Å². The van der Waals surface area contributed by atoms with Crippen LogP contribution in [0.5, 0.6) is 0 Å². The maximum atomic E-state index is 13.9. The number of benzene rings is 1. The van der Waals surface area contributed by atoms with Gasteiger partial charge in [-0.2, -0.15) is 0 Å². The van der Waals surface area contributed by atoms with Crippen molar-refractivity contribution in [2.45, 2.75) is 18.4 Å². The molecule has 2 aromatic rings. The molecule has 0 atom stereocenters. The van der Waals surface area contributed by atoms with Crippen LogP contribution in [0.4, 0.5) is 4.39 Å². The number of hydrogen-bond acceptors (Lipinski definition) is 4. The highest BCUT2D eigenvalue weighted by Crippen LogP contribution is 2.35. The van der Waals surface area contributed by atoms with Crippen LogP contribution in [0, 0.1) is 5.82 Å². The third-order valence-corrected chi connectivity index (χ3v) is 4.10. The Hall–Kier alpha value is -0.910. The van der Waals surface area contributed by atoms with Gasteiger partial charge in [0.25, 0.3) is 0 Å². The van der Waals surface area contributed by atoms with Gasteiger partial charge >= 0.3 is 0 Å². The molecule has 5 heteroatoms. The van der Waals surface area contributed by atoms with E-state index in [1.165, 1.54) is 17.4 Å². The van der Waals surface area contributed by atoms with Crippen molar-refractivity contribution in [2.75, 3.05) is 5.75 Å². The van der Waals surface area contributed by atoms with E-state index < -0.39 is 0 Å². The maximum absolute atomic E-state index is 13.9. The summed E-state index contributed by atoms with van der Waals surface area (Å²) in [5.74, 6) is 0.687. The molecule has 0 radical (unpaired) electrons. The van der Waals surface area contributed by atoms with Gasteiger partial charge in [-0.05, 0) is 17.9 Å². The normalized spacial score (nSPS) is 10.8. The second-order valence-corrected chi connectivity index (χ2v) is 5.56. The smallest absolute Gasteiger partial charge is 0.134 e. The first kappa shape index (κ1) is 12.5. The molecule has 0 amide bonds. The van der Waals surface area contributed by atoms with Crippen LogP contribution in [0.3, 0.4) is 0 Å². The molecule has 0 aliphatic rings. The summed E-state index contributed by atoms with van der Waals surface area (Å²) in [4.78, 5) is 5.28. The molecular weight excluding hydrogens is 255 g/mol. The molecule has 0 saturated heterocycles. The minimum atomic E-state index is -0.221. The lowest BCUT2D eigenvalue weighted by Gasteiger charge is -2.06. The van der Waals surface area contributed by atoms with Crippen LogP contribution in [0.2, 0.25) is 0 Å². The van der Waals surface area contributed by atoms with Crippen molar-refractivity contribution in [2.24, 2.45) is 5.73 Å². The summed E-state index contributed by atoms with van der Waals surface area (Å²) in [7, 11) is 0. The van der Waals surface area contributed by atoms with Gasteiger partial charge in [0.05, 0.1) is 11.3 Å². The molecule has 0 bridgehead atoms. The molecule has 0 aliphatic carbocycles. The molecular formula is C12H13FN2S2. The van der Waals surface area contributed by atoms with E-state index in [2.05, 4.69) is 4.98 Å². The molecule has 0 saturated carbocycles. The van der Waals surface area contributed by atoms with E-state index in [-0.39, 0.29) is 5.82 Å². The average molecular weight is 268 g/mol. The molecule has 0 unspecified atom stereocenters. The molecule has 2 rings (SSSR count). The first-order chi connectivity index (χ1) is 8.26. The second-order valence-electron chi connectivity index (χ2n) is 3.39. The number of hydrogen-bond donors (Lipinski definition) is 1. The number of aromatic nitrogens is 1. The zero-order chi connectivity index (χ0) is 12.3. The number of nitrogens with zero attached hydrogens (tertiary/aromatic N) is 1. The van der Waals surface area contributed by atoms with Gasteiger partial charge in [-0.25, -0.2) is 9.37 Å². The van der Waals surface area contributed by atoms with Gasteiger partial charge in [0.2, 0.25) is 0 Å². The highest BCUT2D eigenvalue weighted by molar-refractivity contribution is 7.99. The molecule has 1 heterocycles. The first-order valence-corrected chi connectivity index (χ1v) is 7.19. The minimum absolute atomic E-state index is 0.221. The summed E-state index contributed by atoms with van der Waals surface area (Å²) in [6, 6.07) is 5.13. The fourth-order valence-electron chi connectivity index (χ4n) is 1.50. The number of nitrogens with two attached hydrogens (primary N) is 1. The topological polar surface area (TPSA) is 38.9 Å². The van der Waals surface area contributed by atoms with Crippen LogP contribution in [0.15, 0.2) is 28.5 Å². The van der Waals surface area contributed by atoms with E-state index >= 15 is 0 Å². The molecule has 2 nitrogen and oxygen atoms in total. The van der Waals surface area contributed by atoms with Gasteiger partial charge in [0.15, 0.2) is 0 Å². The van der Waals surface area contributed by atoms with Crippen molar-refractivity contribution in [1.82, 2.24) is 4.98 Å². The molecule has 17 heavy (non-hydrogen) atoms. The van der Waals surface area contributed by atoms with E-state index in [1.807, 2.05) is 18.4 Å². The van der Waals surface area contributed by atoms with Crippen LogP contribution in [-0.2, 0) is 6.54 Å². The van der Waals surface area contributed by atoms with E-state index in [1.54, 1.807) is 17.8 Å². The number of thioether (sulfide) groups is 1. The van der Waals surface area contributed by atoms with E-state index in [0.29, 0.717) is 17.1 Å². The number of rotatable bonds is 4. The standard InChI is InChI=1S/C12H13FN2S2/c1-2-16-10-5-3-4-9(13)11(10)12-15-8(6-14)7-17-12/h3-5,7H,2,6,14H2,1H3. The summed E-state index contributed by atoms with van der Waals surface area (Å²) >= 11 is 3.06. The third kappa shape index (κ3) is 2.68. The predicted octanol–water partition coefficient (Wildman–Crippen LogP) is 3.52. The first-order valence-electron chi connectivity index (χ1n) is 5.32. The highest BCUT2D eigenvalue weighted by Gasteiger charge is 2.14. The van der Waals surface area contributed by atoms with Gasteiger partial charge in [-0.3, -0.25) is 0 Å². The van der Waals surface area contributed by atoms with Crippen LogP contribution in [-0.4, -0.2) is 10.7 Å². The summed E-state index contributed by atoms with van der Waals surface area (Å²) in [5.41, 5.74) is 6.93. The van der Waals surface area contributed by atoms with Crippen molar-refractivity contribution in [3.63, 3.8) is 0 Å². The Labute approximate surface area is 108 Å². The molecule has 1 aromatic carbocycles. The molecule has 1 aromatic heterocycles. The fourth-order valence-corrected chi connectivity index (χ4v) is 3.28. The van der Waals surface area contributed by atoms with Gasteiger partial charge in [0.1, 0.15) is 10.8 Å². The lowest BCUT2D eigenvalue weighted by Crippen LogP contribution is -1.96. The van der Waals surface area contributed by atoms with Crippen molar-refractivity contribution in [1.29, 1.82) is 0 Å². The van der Waals surface area contributed by atoms with Crippen molar-refractivity contribution < 1.29 is 4.39 Å². The second kappa shape index (κ2) is 5.62. The molecule has 2 N–H and O–H groups in total. The maximum Gasteiger partial charge on any atom is 0.134 e. The largest absolute Gasteiger partial charge is 0.325 e. The zero-order valence-corrected chi connectivity index (χ0v) is 11.1. The van der Waals surface area contributed by atoms with Crippen LogP contribution >= 0.6 is 23.1 Å². The van der Waals surface area contributed by atoms with Gasteiger partial charge < -0.3 is 5.73 Å². The van der Waals surface area contributed by atoms with Crippen LogP contribution in [0.25, 0.3) is 10.6 Å². The Balaban J connectivity index is 2.48. The monoisotopic (exact) mass is 268 g/mol. The lowest BCUT2D eigenvalue weighted by atomic mass is 10.2. The third-order valence-electron chi connectivity index (χ3n) is 2.25. The number of thiazole rings is 1. The quantitative estimate of drug-likeness (QED) is 0.862.